The molecule has 17 heavy (non-hydrogen) atoms. The molecule has 1 atom stereocenters. The highest BCUT2D eigenvalue weighted by molar-refractivity contribution is 5.20. The van der Waals surface area contributed by atoms with Crippen LogP contribution in [-0.4, -0.2) is 29.6 Å². The van der Waals surface area contributed by atoms with Crippen LogP contribution >= 0.6 is 0 Å². The van der Waals surface area contributed by atoms with Crippen LogP contribution in [0.3, 0.4) is 0 Å². The van der Waals surface area contributed by atoms with E-state index < -0.39 is 11.9 Å². The van der Waals surface area contributed by atoms with Gasteiger partial charge in [-0.1, -0.05) is 30.0 Å². The summed E-state index contributed by atoms with van der Waals surface area (Å²) in [6.07, 6.45) is 9.44. The number of hydrogen-bond donors (Lipinski definition) is 1. The lowest BCUT2D eigenvalue weighted by molar-refractivity contribution is 0.124. The van der Waals surface area contributed by atoms with Gasteiger partial charge in [-0.15, -0.1) is 12.8 Å². The summed E-state index contributed by atoms with van der Waals surface area (Å²) >= 11 is 0. The highest BCUT2D eigenvalue weighted by Crippen LogP contribution is 2.17. The molecule has 1 aromatic carbocycles. The molecule has 0 bridgehead atoms. The molecule has 1 unspecified atom stereocenters. The molecular weight excluding hydrogens is 217 g/mol. The summed E-state index contributed by atoms with van der Waals surface area (Å²) in [5.74, 6) is 4.47. The van der Waals surface area contributed by atoms with Crippen molar-refractivity contribution in [3.63, 3.8) is 0 Å². The van der Waals surface area contributed by atoms with Crippen molar-refractivity contribution in [2.24, 2.45) is 0 Å². The number of halogens is 1. The number of aliphatic hydroxyl groups is 1. The SMILES string of the molecule is C#CCN(CC#C)CC(O)c1ccccc1F. The van der Waals surface area contributed by atoms with E-state index in [1.807, 2.05) is 0 Å². The van der Waals surface area contributed by atoms with Crippen molar-refractivity contribution in [1.82, 2.24) is 4.90 Å². The van der Waals surface area contributed by atoms with Crippen molar-refractivity contribution in [2.75, 3.05) is 19.6 Å². The quantitative estimate of drug-likeness (QED) is 0.775. The molecule has 0 aliphatic rings. The minimum Gasteiger partial charge on any atom is -0.387 e. The summed E-state index contributed by atoms with van der Waals surface area (Å²) in [5.41, 5.74) is 0.256. The molecule has 0 aliphatic carbocycles. The first kappa shape index (κ1) is 13.3. The van der Waals surface area contributed by atoms with Crippen LogP contribution in [0.15, 0.2) is 24.3 Å². The zero-order valence-electron chi connectivity index (χ0n) is 9.44. The average molecular weight is 231 g/mol. The maximum atomic E-state index is 13.4. The molecule has 2 nitrogen and oxygen atoms in total. The first-order valence-corrected chi connectivity index (χ1v) is 5.20. The zero-order chi connectivity index (χ0) is 12.7. The Bertz CT molecular complexity index is 428. The molecule has 0 saturated heterocycles. The van der Waals surface area contributed by atoms with Gasteiger partial charge in [0.2, 0.25) is 0 Å². The Morgan fingerprint density at radius 1 is 1.24 bits per heavy atom. The normalized spacial score (nSPS) is 11.8. The van der Waals surface area contributed by atoms with Crippen molar-refractivity contribution in [3.8, 4) is 24.7 Å². The molecule has 1 N–H and O–H groups in total. The lowest BCUT2D eigenvalue weighted by atomic mass is 10.1. The van der Waals surface area contributed by atoms with Crippen molar-refractivity contribution in [3.05, 3.63) is 35.6 Å². The summed E-state index contributed by atoms with van der Waals surface area (Å²) in [5, 5.41) is 9.91. The third-order valence-electron chi connectivity index (χ3n) is 2.33. The zero-order valence-corrected chi connectivity index (χ0v) is 9.44. The van der Waals surface area contributed by atoms with Gasteiger partial charge in [0, 0.05) is 12.1 Å². The highest BCUT2D eigenvalue weighted by atomic mass is 19.1. The fourth-order valence-corrected chi connectivity index (χ4v) is 1.53. The summed E-state index contributed by atoms with van der Waals surface area (Å²) in [7, 11) is 0. The Morgan fingerprint density at radius 2 is 1.82 bits per heavy atom. The lowest BCUT2D eigenvalue weighted by Gasteiger charge is -2.21. The van der Waals surface area contributed by atoms with E-state index in [1.54, 1.807) is 23.1 Å². The van der Waals surface area contributed by atoms with Crippen LogP contribution in [0.4, 0.5) is 4.39 Å². The van der Waals surface area contributed by atoms with Gasteiger partial charge in [-0.25, -0.2) is 4.39 Å². The van der Waals surface area contributed by atoms with Gasteiger partial charge in [-0.05, 0) is 6.07 Å². The van der Waals surface area contributed by atoms with Gasteiger partial charge in [0.15, 0.2) is 0 Å². The van der Waals surface area contributed by atoms with Gasteiger partial charge in [-0.2, -0.15) is 0 Å². The topological polar surface area (TPSA) is 23.5 Å². The molecule has 1 aromatic rings. The van der Waals surface area contributed by atoms with Gasteiger partial charge in [0.05, 0.1) is 19.2 Å². The van der Waals surface area contributed by atoms with E-state index in [0.29, 0.717) is 13.1 Å². The van der Waals surface area contributed by atoms with Crippen LogP contribution in [0.5, 0.6) is 0 Å². The second kappa shape index (κ2) is 6.70. The Balaban J connectivity index is 2.71. The highest BCUT2D eigenvalue weighted by Gasteiger charge is 2.15. The first-order chi connectivity index (χ1) is 8.19. The van der Waals surface area contributed by atoms with Crippen molar-refractivity contribution in [1.29, 1.82) is 0 Å². The Kier molecular flexibility index (Phi) is 5.23. The number of aliphatic hydroxyl groups excluding tert-OH is 1. The number of rotatable bonds is 5. The summed E-state index contributed by atoms with van der Waals surface area (Å²) in [6.45, 7) is 0.876. The fourth-order valence-electron chi connectivity index (χ4n) is 1.53. The molecular formula is C14H14FNO. The Labute approximate surface area is 101 Å². The number of benzene rings is 1. The molecule has 0 heterocycles. The van der Waals surface area contributed by atoms with Gasteiger partial charge >= 0.3 is 0 Å². The van der Waals surface area contributed by atoms with Crippen molar-refractivity contribution >= 4 is 0 Å². The molecule has 0 saturated carbocycles. The summed E-state index contributed by atoms with van der Waals surface area (Å²) < 4.78 is 13.4. The van der Waals surface area contributed by atoms with Gasteiger partial charge in [-0.3, -0.25) is 4.90 Å². The average Bonchev–Trinajstić information content (AvgIpc) is 2.30. The summed E-state index contributed by atoms with van der Waals surface area (Å²) in [6, 6.07) is 6.11. The molecule has 0 radical (unpaired) electrons. The van der Waals surface area contributed by atoms with E-state index in [1.165, 1.54) is 6.07 Å². The molecule has 0 spiro atoms. The van der Waals surface area contributed by atoms with E-state index in [0.717, 1.165) is 0 Å². The predicted octanol–water partition coefficient (Wildman–Crippen LogP) is 1.43. The van der Waals surface area contributed by atoms with Crippen molar-refractivity contribution in [2.45, 2.75) is 6.10 Å². The number of nitrogens with zero attached hydrogens (tertiary/aromatic N) is 1. The van der Waals surface area contributed by atoms with Crippen LogP contribution in [0.25, 0.3) is 0 Å². The third kappa shape index (κ3) is 3.92. The van der Waals surface area contributed by atoms with Crippen LogP contribution in [0, 0.1) is 30.5 Å². The van der Waals surface area contributed by atoms with E-state index in [2.05, 4.69) is 11.8 Å². The summed E-state index contributed by atoms with van der Waals surface area (Å²) in [4.78, 5) is 1.71. The standard InChI is InChI=1S/C14H14FNO/c1-3-9-16(10-4-2)11-14(17)12-7-5-6-8-13(12)15/h1-2,5-8,14,17H,9-11H2. The molecule has 0 aliphatic heterocycles. The van der Waals surface area contributed by atoms with E-state index >= 15 is 0 Å². The van der Waals surface area contributed by atoms with E-state index in [4.69, 9.17) is 12.8 Å². The van der Waals surface area contributed by atoms with E-state index in [9.17, 15) is 9.50 Å². The van der Waals surface area contributed by atoms with Gasteiger partial charge in [0.25, 0.3) is 0 Å². The molecule has 88 valence electrons. The third-order valence-corrected chi connectivity index (χ3v) is 2.33. The maximum Gasteiger partial charge on any atom is 0.129 e. The molecule has 3 heteroatoms. The Morgan fingerprint density at radius 3 is 2.35 bits per heavy atom. The Hall–Kier alpha value is -1.81. The molecule has 0 fully saturated rings. The second-order valence-electron chi connectivity index (χ2n) is 3.62. The van der Waals surface area contributed by atoms with Crippen LogP contribution < -0.4 is 0 Å². The van der Waals surface area contributed by atoms with Crippen molar-refractivity contribution < 1.29 is 9.50 Å². The first-order valence-electron chi connectivity index (χ1n) is 5.20. The monoisotopic (exact) mass is 231 g/mol. The fraction of sp³-hybridized carbons (Fsp3) is 0.286. The van der Waals surface area contributed by atoms with Crippen LogP contribution in [0.2, 0.25) is 0 Å². The molecule has 0 amide bonds. The smallest absolute Gasteiger partial charge is 0.129 e. The van der Waals surface area contributed by atoms with Gasteiger partial charge < -0.3 is 5.11 Å². The van der Waals surface area contributed by atoms with Crippen LogP contribution in [-0.2, 0) is 0 Å². The maximum absolute atomic E-state index is 13.4. The van der Waals surface area contributed by atoms with E-state index in [-0.39, 0.29) is 12.1 Å². The molecule has 1 rings (SSSR count). The predicted molar refractivity (Wildman–Crippen MR) is 65.5 cm³/mol. The number of terminal acetylenes is 2. The van der Waals surface area contributed by atoms with Gasteiger partial charge in [0.1, 0.15) is 5.82 Å². The lowest BCUT2D eigenvalue weighted by Crippen LogP contribution is -2.29. The molecule has 0 aromatic heterocycles. The minimum atomic E-state index is -0.933. The minimum absolute atomic E-state index is 0.218. The van der Waals surface area contributed by atoms with Crippen LogP contribution in [0.1, 0.15) is 11.7 Å². The number of hydrogen-bond acceptors (Lipinski definition) is 2. The largest absolute Gasteiger partial charge is 0.387 e. The second-order valence-corrected chi connectivity index (χ2v) is 3.62.